The third-order valence-corrected chi connectivity index (χ3v) is 3.13. The summed E-state index contributed by atoms with van der Waals surface area (Å²) >= 11 is 0. The molecule has 122 valence electrons. The summed E-state index contributed by atoms with van der Waals surface area (Å²) in [6, 6.07) is 5.75. The van der Waals surface area contributed by atoms with Crippen LogP contribution in [0, 0.1) is 11.6 Å². The second kappa shape index (κ2) is 6.95. The predicted octanol–water partition coefficient (Wildman–Crippen LogP) is 3.24. The van der Waals surface area contributed by atoms with Crippen LogP contribution >= 0.6 is 0 Å². The van der Waals surface area contributed by atoms with Gasteiger partial charge in [0.1, 0.15) is 17.4 Å². The van der Waals surface area contributed by atoms with Crippen molar-refractivity contribution in [3.05, 3.63) is 47.5 Å². The van der Waals surface area contributed by atoms with Crippen molar-refractivity contribution in [2.45, 2.75) is 0 Å². The molecule has 0 bridgehead atoms. The molecule has 0 aliphatic carbocycles. The fourth-order valence-electron chi connectivity index (χ4n) is 1.99. The van der Waals surface area contributed by atoms with Crippen LogP contribution in [0.1, 0.15) is 10.4 Å². The van der Waals surface area contributed by atoms with Crippen LogP contribution in [0.15, 0.2) is 30.3 Å². The van der Waals surface area contributed by atoms with E-state index in [1.807, 2.05) is 0 Å². The summed E-state index contributed by atoms with van der Waals surface area (Å²) in [4.78, 5) is 12.4. The van der Waals surface area contributed by atoms with E-state index in [4.69, 9.17) is 14.2 Å². The molecule has 5 nitrogen and oxygen atoms in total. The van der Waals surface area contributed by atoms with Gasteiger partial charge in [0.15, 0.2) is 11.5 Å². The van der Waals surface area contributed by atoms with Crippen molar-refractivity contribution in [1.29, 1.82) is 0 Å². The summed E-state index contributed by atoms with van der Waals surface area (Å²) in [5, 5.41) is 2.36. The zero-order valence-corrected chi connectivity index (χ0v) is 12.8. The number of carbonyl (C=O) groups excluding carboxylic acids is 1. The topological polar surface area (TPSA) is 56.8 Å². The van der Waals surface area contributed by atoms with Gasteiger partial charge in [0, 0.05) is 18.2 Å². The molecule has 0 fully saturated rings. The van der Waals surface area contributed by atoms with Crippen LogP contribution < -0.4 is 19.5 Å². The maximum atomic E-state index is 13.6. The summed E-state index contributed by atoms with van der Waals surface area (Å²) in [5.41, 5.74) is -0.0258. The molecule has 7 heteroatoms. The molecular weight excluding hydrogens is 308 g/mol. The number of halogens is 2. The maximum absolute atomic E-state index is 13.6. The second-order valence-electron chi connectivity index (χ2n) is 4.49. The van der Waals surface area contributed by atoms with Gasteiger partial charge >= 0.3 is 0 Å². The summed E-state index contributed by atoms with van der Waals surface area (Å²) < 4.78 is 42.0. The lowest BCUT2D eigenvalue weighted by atomic mass is 10.1. The molecule has 0 spiro atoms. The lowest BCUT2D eigenvalue weighted by Crippen LogP contribution is -2.14. The molecule has 0 atom stereocenters. The average Bonchev–Trinajstić information content (AvgIpc) is 2.55. The predicted molar refractivity (Wildman–Crippen MR) is 80.4 cm³/mol. The second-order valence-corrected chi connectivity index (χ2v) is 4.49. The number of amides is 1. The Morgan fingerprint density at radius 2 is 1.52 bits per heavy atom. The zero-order chi connectivity index (χ0) is 17.0. The smallest absolute Gasteiger partial charge is 0.259 e. The van der Waals surface area contributed by atoms with Crippen molar-refractivity contribution in [2.75, 3.05) is 26.6 Å². The molecular formula is C16H15F2NO4. The van der Waals surface area contributed by atoms with Gasteiger partial charge in [-0.05, 0) is 12.1 Å². The van der Waals surface area contributed by atoms with Gasteiger partial charge in [-0.2, -0.15) is 0 Å². The van der Waals surface area contributed by atoms with Crippen LogP contribution in [0.5, 0.6) is 17.2 Å². The molecule has 2 aromatic carbocycles. The van der Waals surface area contributed by atoms with Gasteiger partial charge in [-0.15, -0.1) is 0 Å². The summed E-state index contributed by atoms with van der Waals surface area (Å²) in [5.74, 6) is -1.31. The molecule has 0 unspecified atom stereocenters. The molecule has 0 saturated heterocycles. The number of nitrogens with one attached hydrogen (secondary N) is 1. The van der Waals surface area contributed by atoms with Crippen LogP contribution in [0.2, 0.25) is 0 Å². The number of hydrogen-bond donors (Lipinski definition) is 1. The summed E-state index contributed by atoms with van der Waals surface area (Å²) in [7, 11) is 4.26. The number of ether oxygens (including phenoxy) is 3. The van der Waals surface area contributed by atoms with Gasteiger partial charge in [0.25, 0.3) is 5.91 Å². The Bertz CT molecular complexity index is 734. The highest BCUT2D eigenvalue weighted by Gasteiger charge is 2.19. The van der Waals surface area contributed by atoms with E-state index in [0.717, 1.165) is 12.1 Å². The van der Waals surface area contributed by atoms with E-state index < -0.39 is 17.5 Å². The average molecular weight is 323 g/mol. The van der Waals surface area contributed by atoms with Crippen molar-refractivity contribution in [2.24, 2.45) is 0 Å². The highest BCUT2D eigenvalue weighted by atomic mass is 19.1. The molecule has 0 heterocycles. The highest BCUT2D eigenvalue weighted by Crippen LogP contribution is 2.35. The first kappa shape index (κ1) is 16.5. The van der Waals surface area contributed by atoms with Crippen molar-refractivity contribution < 1.29 is 27.8 Å². The van der Waals surface area contributed by atoms with Crippen LogP contribution in [0.4, 0.5) is 14.5 Å². The van der Waals surface area contributed by atoms with Crippen molar-refractivity contribution >= 4 is 11.6 Å². The highest BCUT2D eigenvalue weighted by molar-refractivity contribution is 6.06. The first-order chi connectivity index (χ1) is 11.0. The molecule has 0 radical (unpaired) electrons. The molecule has 23 heavy (non-hydrogen) atoms. The quantitative estimate of drug-likeness (QED) is 0.918. The van der Waals surface area contributed by atoms with E-state index in [1.54, 1.807) is 0 Å². The minimum atomic E-state index is -0.877. The van der Waals surface area contributed by atoms with E-state index >= 15 is 0 Å². The first-order valence-corrected chi connectivity index (χ1v) is 6.56. The van der Waals surface area contributed by atoms with Gasteiger partial charge in [0.2, 0.25) is 0 Å². The molecule has 2 rings (SSSR count). The number of anilines is 1. The van der Waals surface area contributed by atoms with Gasteiger partial charge in [0.05, 0.1) is 32.6 Å². The number of benzene rings is 2. The minimum absolute atomic E-state index is 0.119. The standard InChI is InChI=1S/C16H15F2NO4/c1-21-13-8-15(23-3)14(22-2)7-10(13)16(20)19-12-5-4-9(17)6-11(12)18/h4-8H,1-3H3,(H,19,20). The Hall–Kier alpha value is -2.83. The molecule has 0 saturated carbocycles. The van der Waals surface area contributed by atoms with Gasteiger partial charge in [-0.1, -0.05) is 0 Å². The largest absolute Gasteiger partial charge is 0.496 e. The van der Waals surface area contributed by atoms with Crippen molar-refractivity contribution in [1.82, 2.24) is 0 Å². The number of hydrogen-bond acceptors (Lipinski definition) is 4. The van der Waals surface area contributed by atoms with Gasteiger partial charge in [-0.25, -0.2) is 8.78 Å². The third-order valence-electron chi connectivity index (χ3n) is 3.13. The molecule has 0 aliphatic rings. The lowest BCUT2D eigenvalue weighted by molar-refractivity contribution is 0.102. The van der Waals surface area contributed by atoms with Crippen LogP contribution in [-0.4, -0.2) is 27.2 Å². The molecule has 1 N–H and O–H groups in total. The Labute approximate surface area is 131 Å². The Balaban J connectivity index is 2.38. The van der Waals surface area contributed by atoms with E-state index in [2.05, 4.69) is 5.32 Å². The molecule has 0 aromatic heterocycles. The normalized spacial score (nSPS) is 10.1. The maximum Gasteiger partial charge on any atom is 0.259 e. The van der Waals surface area contributed by atoms with Gasteiger partial charge in [-0.3, -0.25) is 4.79 Å². The number of carbonyl (C=O) groups is 1. The fraction of sp³-hybridized carbons (Fsp3) is 0.188. The van der Waals surface area contributed by atoms with E-state index in [0.29, 0.717) is 17.6 Å². The van der Waals surface area contributed by atoms with Crippen molar-refractivity contribution in [3.63, 3.8) is 0 Å². The van der Waals surface area contributed by atoms with E-state index in [9.17, 15) is 13.6 Å². The summed E-state index contributed by atoms with van der Waals surface area (Å²) in [6.45, 7) is 0. The molecule has 0 aliphatic heterocycles. The first-order valence-electron chi connectivity index (χ1n) is 6.56. The summed E-state index contributed by atoms with van der Waals surface area (Å²) in [6.07, 6.45) is 0. The Morgan fingerprint density at radius 1 is 0.913 bits per heavy atom. The number of rotatable bonds is 5. The number of methoxy groups -OCH3 is 3. The zero-order valence-electron chi connectivity index (χ0n) is 12.8. The van der Waals surface area contributed by atoms with Crippen LogP contribution in [-0.2, 0) is 0 Å². The lowest BCUT2D eigenvalue weighted by Gasteiger charge is -2.14. The molecule has 2 aromatic rings. The monoisotopic (exact) mass is 323 g/mol. The Morgan fingerprint density at radius 3 is 2.09 bits per heavy atom. The fourth-order valence-corrected chi connectivity index (χ4v) is 1.99. The molecule has 1 amide bonds. The van der Waals surface area contributed by atoms with E-state index in [1.165, 1.54) is 33.5 Å². The SMILES string of the molecule is COc1cc(OC)c(C(=O)Nc2ccc(F)cc2F)cc1OC. The third kappa shape index (κ3) is 3.50. The Kier molecular flexibility index (Phi) is 5.00. The minimum Gasteiger partial charge on any atom is -0.496 e. The van der Waals surface area contributed by atoms with Crippen molar-refractivity contribution in [3.8, 4) is 17.2 Å². The van der Waals surface area contributed by atoms with Crippen LogP contribution in [0.3, 0.4) is 0 Å². The van der Waals surface area contributed by atoms with E-state index in [-0.39, 0.29) is 17.0 Å². The van der Waals surface area contributed by atoms with Crippen LogP contribution in [0.25, 0.3) is 0 Å². The van der Waals surface area contributed by atoms with Gasteiger partial charge < -0.3 is 19.5 Å².